The van der Waals surface area contributed by atoms with Gasteiger partial charge in [0.1, 0.15) is 0 Å². The van der Waals surface area contributed by atoms with Gasteiger partial charge in [-0.25, -0.2) is 8.42 Å². The lowest BCUT2D eigenvalue weighted by Crippen LogP contribution is -2.14. The van der Waals surface area contributed by atoms with E-state index < -0.39 is 10.0 Å². The number of aryl methyl sites for hydroxylation is 1. The van der Waals surface area contributed by atoms with E-state index in [9.17, 15) is 13.2 Å². The fourth-order valence-corrected chi connectivity index (χ4v) is 3.85. The molecule has 0 aliphatic carbocycles. The lowest BCUT2D eigenvalue weighted by Gasteiger charge is -2.11. The Labute approximate surface area is 169 Å². The van der Waals surface area contributed by atoms with Crippen LogP contribution in [0.4, 0.5) is 11.4 Å². The van der Waals surface area contributed by atoms with Crippen LogP contribution in [0.2, 0.25) is 5.02 Å². The van der Waals surface area contributed by atoms with Crippen LogP contribution < -0.4 is 10.0 Å². The highest BCUT2D eigenvalue weighted by Crippen LogP contribution is 2.20. The van der Waals surface area contributed by atoms with E-state index in [0.29, 0.717) is 16.3 Å². The Balaban J connectivity index is 1.72. The molecule has 28 heavy (non-hydrogen) atoms. The molecule has 0 fully saturated rings. The normalized spacial score (nSPS) is 11.1. The second kappa shape index (κ2) is 8.46. The largest absolute Gasteiger partial charge is 0.322 e. The fourth-order valence-electron chi connectivity index (χ4n) is 2.66. The number of benzene rings is 3. The molecule has 0 spiro atoms. The van der Waals surface area contributed by atoms with E-state index in [-0.39, 0.29) is 10.8 Å². The molecular formula is C21H19ClN2O3S. The molecule has 3 aromatic rings. The smallest absolute Gasteiger partial charge is 0.261 e. The van der Waals surface area contributed by atoms with E-state index in [1.807, 2.05) is 31.2 Å². The Bertz CT molecular complexity index is 1080. The molecule has 1 amide bonds. The molecule has 0 radical (unpaired) electrons. The summed E-state index contributed by atoms with van der Waals surface area (Å²) in [4.78, 5) is 12.6. The number of anilines is 2. The summed E-state index contributed by atoms with van der Waals surface area (Å²) >= 11 is 5.79. The number of carbonyl (C=O) groups excluding carboxylic acids is 1. The molecule has 0 atom stereocenters. The van der Waals surface area contributed by atoms with Crippen molar-refractivity contribution in [2.24, 2.45) is 0 Å². The van der Waals surface area contributed by atoms with Gasteiger partial charge < -0.3 is 5.32 Å². The molecular weight excluding hydrogens is 396 g/mol. The van der Waals surface area contributed by atoms with Gasteiger partial charge in [-0.3, -0.25) is 9.52 Å². The summed E-state index contributed by atoms with van der Waals surface area (Å²) in [7, 11) is -3.73. The van der Waals surface area contributed by atoms with Crippen LogP contribution in [0.15, 0.2) is 77.7 Å². The van der Waals surface area contributed by atoms with Gasteiger partial charge in [0.25, 0.3) is 15.9 Å². The molecule has 5 nitrogen and oxygen atoms in total. The van der Waals surface area contributed by atoms with Gasteiger partial charge in [0.05, 0.1) is 4.90 Å². The predicted octanol–water partition coefficient (Wildman–Crippen LogP) is 4.96. The fraction of sp³-hybridized carbons (Fsp3) is 0.0952. The molecule has 144 valence electrons. The molecule has 3 rings (SSSR count). The molecule has 0 aliphatic rings. The van der Waals surface area contributed by atoms with Crippen LogP contribution >= 0.6 is 11.6 Å². The van der Waals surface area contributed by atoms with Gasteiger partial charge in [0, 0.05) is 22.0 Å². The minimum atomic E-state index is -3.73. The summed E-state index contributed by atoms with van der Waals surface area (Å²) in [5.41, 5.74) is 2.60. The Morgan fingerprint density at radius 2 is 1.57 bits per heavy atom. The number of hydrogen-bond donors (Lipinski definition) is 2. The highest BCUT2D eigenvalue weighted by molar-refractivity contribution is 7.92. The van der Waals surface area contributed by atoms with Gasteiger partial charge in [-0.2, -0.15) is 0 Å². The van der Waals surface area contributed by atoms with Crippen molar-refractivity contribution in [2.75, 3.05) is 10.0 Å². The maximum absolute atomic E-state index is 12.5. The van der Waals surface area contributed by atoms with Gasteiger partial charge in [0.15, 0.2) is 0 Å². The van der Waals surface area contributed by atoms with E-state index >= 15 is 0 Å². The van der Waals surface area contributed by atoms with Gasteiger partial charge >= 0.3 is 0 Å². The van der Waals surface area contributed by atoms with Crippen molar-refractivity contribution >= 4 is 38.9 Å². The van der Waals surface area contributed by atoms with Gasteiger partial charge in [0.2, 0.25) is 0 Å². The lowest BCUT2D eigenvalue weighted by atomic mass is 10.1. The summed E-state index contributed by atoms with van der Waals surface area (Å²) < 4.78 is 27.3. The summed E-state index contributed by atoms with van der Waals surface area (Å²) in [6.07, 6.45) is 0.807. The monoisotopic (exact) mass is 414 g/mol. The molecule has 0 saturated carbocycles. The predicted molar refractivity (Wildman–Crippen MR) is 112 cm³/mol. The van der Waals surface area contributed by atoms with Crippen molar-refractivity contribution in [2.45, 2.75) is 18.2 Å². The second-order valence-corrected chi connectivity index (χ2v) is 8.22. The van der Waals surface area contributed by atoms with Crippen LogP contribution in [0.1, 0.15) is 22.8 Å². The number of sulfonamides is 1. The van der Waals surface area contributed by atoms with Crippen molar-refractivity contribution in [3.8, 4) is 0 Å². The average molecular weight is 415 g/mol. The van der Waals surface area contributed by atoms with Crippen molar-refractivity contribution in [3.05, 3.63) is 88.9 Å². The van der Waals surface area contributed by atoms with Gasteiger partial charge in [-0.1, -0.05) is 36.7 Å². The third-order valence-electron chi connectivity index (χ3n) is 4.17. The zero-order valence-corrected chi connectivity index (χ0v) is 16.7. The molecule has 0 unspecified atom stereocenters. The number of halogens is 1. The highest BCUT2D eigenvalue weighted by atomic mass is 35.5. The minimum Gasteiger partial charge on any atom is -0.322 e. The Hall–Kier alpha value is -2.83. The number of hydrogen-bond acceptors (Lipinski definition) is 3. The quantitative estimate of drug-likeness (QED) is 0.598. The van der Waals surface area contributed by atoms with E-state index in [4.69, 9.17) is 11.6 Å². The number of nitrogens with one attached hydrogen (secondary N) is 2. The Morgan fingerprint density at radius 3 is 2.21 bits per heavy atom. The van der Waals surface area contributed by atoms with Crippen molar-refractivity contribution in [1.82, 2.24) is 0 Å². The van der Waals surface area contributed by atoms with Crippen LogP contribution in [0.3, 0.4) is 0 Å². The first kappa shape index (κ1) is 19.9. The zero-order valence-electron chi connectivity index (χ0n) is 15.1. The number of amides is 1. The molecule has 0 saturated heterocycles. The van der Waals surface area contributed by atoms with Crippen LogP contribution in [0.5, 0.6) is 0 Å². The van der Waals surface area contributed by atoms with Gasteiger partial charge in [-0.15, -0.1) is 0 Å². The molecule has 0 heterocycles. The van der Waals surface area contributed by atoms with E-state index in [2.05, 4.69) is 10.0 Å². The van der Waals surface area contributed by atoms with Crippen molar-refractivity contribution < 1.29 is 13.2 Å². The van der Waals surface area contributed by atoms with Crippen LogP contribution in [-0.4, -0.2) is 14.3 Å². The summed E-state index contributed by atoms with van der Waals surface area (Å²) in [6.45, 7) is 2.02. The van der Waals surface area contributed by atoms with Crippen LogP contribution in [0, 0.1) is 0 Å². The third kappa shape index (κ3) is 4.71. The number of rotatable bonds is 6. The number of carbonyl (C=O) groups is 1. The van der Waals surface area contributed by atoms with E-state index in [1.165, 1.54) is 24.3 Å². The van der Waals surface area contributed by atoms with Crippen LogP contribution in [0.25, 0.3) is 0 Å². The maximum atomic E-state index is 12.5. The molecule has 0 bridgehead atoms. The first-order valence-corrected chi connectivity index (χ1v) is 10.5. The summed E-state index contributed by atoms with van der Waals surface area (Å²) in [6, 6.07) is 19.7. The highest BCUT2D eigenvalue weighted by Gasteiger charge is 2.14. The third-order valence-corrected chi connectivity index (χ3v) is 5.82. The first-order chi connectivity index (χ1) is 13.4. The number of para-hydroxylation sites is 1. The average Bonchev–Trinajstić information content (AvgIpc) is 2.69. The lowest BCUT2D eigenvalue weighted by molar-refractivity contribution is 0.102. The summed E-state index contributed by atoms with van der Waals surface area (Å²) in [5.74, 6) is -0.256. The molecule has 3 aromatic carbocycles. The van der Waals surface area contributed by atoms with E-state index in [1.54, 1.807) is 24.3 Å². The molecule has 0 aliphatic heterocycles. The zero-order chi connectivity index (χ0) is 20.1. The van der Waals surface area contributed by atoms with Crippen molar-refractivity contribution in [3.63, 3.8) is 0 Å². The SMILES string of the molecule is CCc1ccccc1NC(=O)c1ccc(NS(=O)(=O)c2ccc(Cl)cc2)cc1. The summed E-state index contributed by atoms with van der Waals surface area (Å²) in [5, 5.41) is 3.34. The topological polar surface area (TPSA) is 75.3 Å². The minimum absolute atomic E-state index is 0.106. The maximum Gasteiger partial charge on any atom is 0.261 e. The van der Waals surface area contributed by atoms with E-state index in [0.717, 1.165) is 17.7 Å². The molecule has 7 heteroatoms. The Kier molecular flexibility index (Phi) is 6.02. The molecule has 0 aromatic heterocycles. The van der Waals surface area contributed by atoms with Crippen molar-refractivity contribution in [1.29, 1.82) is 0 Å². The van der Waals surface area contributed by atoms with Gasteiger partial charge in [-0.05, 0) is 66.6 Å². The second-order valence-electron chi connectivity index (χ2n) is 6.10. The van der Waals surface area contributed by atoms with Crippen LogP contribution in [-0.2, 0) is 16.4 Å². The Morgan fingerprint density at radius 1 is 0.929 bits per heavy atom. The molecule has 2 N–H and O–H groups in total. The standard InChI is InChI=1S/C21H19ClN2O3S/c1-2-15-5-3-4-6-20(15)23-21(25)16-7-11-18(12-8-16)24-28(26,27)19-13-9-17(22)10-14-19/h3-14,24H,2H2,1H3,(H,23,25). The first-order valence-electron chi connectivity index (χ1n) is 8.67.